The Balaban J connectivity index is 1.41. The maximum Gasteiger partial charge on any atom is 0.408 e. The highest BCUT2D eigenvalue weighted by Crippen LogP contribution is 2.65. The van der Waals surface area contributed by atoms with Gasteiger partial charge in [0, 0.05) is 38.3 Å². The van der Waals surface area contributed by atoms with Crippen LogP contribution in [0.5, 0.6) is 0 Å². The molecule has 3 fully saturated rings. The second-order valence-corrected chi connectivity index (χ2v) is 15.9. The summed E-state index contributed by atoms with van der Waals surface area (Å²) >= 11 is 0. The molecule has 264 valence electrons. The van der Waals surface area contributed by atoms with Gasteiger partial charge in [0.1, 0.15) is 12.1 Å². The first-order chi connectivity index (χ1) is 22.6. The average Bonchev–Trinajstić information content (AvgIpc) is 3.36. The molecule has 0 bridgehead atoms. The fourth-order valence-electron chi connectivity index (χ4n) is 7.77. The minimum Gasteiger partial charge on any atom is -0.446 e. The maximum absolute atomic E-state index is 14.2. The Morgan fingerprint density at radius 3 is 2.31 bits per heavy atom. The number of nitrogens with one attached hydrogen (secondary N) is 2. The Labute approximate surface area is 285 Å². The monoisotopic (exact) mass is 665 g/mol. The molecule has 1 heterocycles. The number of carbonyl (C=O) groups is 6. The Bertz CT molecular complexity index is 1370. The number of piperidine rings is 1. The van der Waals surface area contributed by atoms with Crippen LogP contribution in [-0.2, 0) is 35.3 Å². The van der Waals surface area contributed by atoms with Crippen molar-refractivity contribution in [2.45, 2.75) is 125 Å². The molecule has 0 aromatic heterocycles. The van der Waals surface area contributed by atoms with Crippen LogP contribution in [0.15, 0.2) is 30.3 Å². The SMILES string of the molecule is CCCC(CC(=O)C1C2[C@H](CN1C(=O)[C@@H](NC(=O)OC1CCCC1C)C(C)(C)C)C2(C)C)C(=O)C(=O)CCC(=O)NCc1ccccc1. The summed E-state index contributed by atoms with van der Waals surface area (Å²) in [5.41, 5.74) is 0.124. The van der Waals surface area contributed by atoms with E-state index in [-0.39, 0.29) is 66.1 Å². The number of amides is 3. The summed E-state index contributed by atoms with van der Waals surface area (Å²) in [6.07, 6.45) is 2.42. The van der Waals surface area contributed by atoms with Crippen molar-refractivity contribution in [3.05, 3.63) is 35.9 Å². The minimum atomic E-state index is -0.916. The van der Waals surface area contributed by atoms with Gasteiger partial charge < -0.3 is 20.3 Å². The number of rotatable bonds is 15. The van der Waals surface area contributed by atoms with Crippen molar-refractivity contribution in [3.63, 3.8) is 0 Å². The van der Waals surface area contributed by atoms with Gasteiger partial charge >= 0.3 is 6.09 Å². The quantitative estimate of drug-likeness (QED) is 0.239. The molecule has 0 spiro atoms. The van der Waals surface area contributed by atoms with Gasteiger partial charge in [0.2, 0.25) is 17.6 Å². The highest BCUT2D eigenvalue weighted by atomic mass is 16.6. The Morgan fingerprint density at radius 1 is 1.02 bits per heavy atom. The van der Waals surface area contributed by atoms with E-state index in [0.717, 1.165) is 24.8 Å². The van der Waals surface area contributed by atoms with Crippen molar-refractivity contribution in [2.24, 2.45) is 34.5 Å². The third kappa shape index (κ3) is 8.72. The number of fused-ring (bicyclic) bond motifs is 1. The molecule has 48 heavy (non-hydrogen) atoms. The van der Waals surface area contributed by atoms with Crippen LogP contribution in [0.2, 0.25) is 0 Å². The van der Waals surface area contributed by atoms with Crippen LogP contribution in [0.1, 0.15) is 105 Å². The molecule has 0 radical (unpaired) electrons. The molecule has 2 N–H and O–H groups in total. The van der Waals surface area contributed by atoms with Gasteiger partial charge in [0.25, 0.3) is 0 Å². The third-order valence-electron chi connectivity index (χ3n) is 10.9. The molecule has 1 aromatic carbocycles. The van der Waals surface area contributed by atoms with Gasteiger partial charge in [-0.2, -0.15) is 0 Å². The Morgan fingerprint density at radius 2 is 1.71 bits per heavy atom. The third-order valence-corrected chi connectivity index (χ3v) is 10.9. The topological polar surface area (TPSA) is 139 Å². The van der Waals surface area contributed by atoms with Crippen molar-refractivity contribution >= 4 is 35.3 Å². The number of ketones is 3. The van der Waals surface area contributed by atoms with Crippen LogP contribution >= 0.6 is 0 Å². The van der Waals surface area contributed by atoms with Crippen LogP contribution in [0.4, 0.5) is 4.79 Å². The van der Waals surface area contributed by atoms with E-state index in [2.05, 4.69) is 31.4 Å². The van der Waals surface area contributed by atoms with Crippen molar-refractivity contribution in [3.8, 4) is 0 Å². The number of alkyl carbamates (subject to hydrolysis) is 1. The fraction of sp³-hybridized carbons (Fsp3) is 0.684. The molecule has 3 amide bonds. The molecule has 1 saturated heterocycles. The summed E-state index contributed by atoms with van der Waals surface area (Å²) in [5.74, 6) is -2.70. The lowest BCUT2D eigenvalue weighted by Crippen LogP contribution is -2.58. The molecule has 7 atom stereocenters. The van der Waals surface area contributed by atoms with Gasteiger partial charge in [-0.05, 0) is 59.8 Å². The number of ether oxygens (including phenoxy) is 1. The van der Waals surface area contributed by atoms with Gasteiger partial charge in [-0.3, -0.25) is 24.0 Å². The summed E-state index contributed by atoms with van der Waals surface area (Å²) in [4.78, 5) is 81.6. The fourth-order valence-corrected chi connectivity index (χ4v) is 7.77. The molecule has 4 rings (SSSR count). The van der Waals surface area contributed by atoms with Gasteiger partial charge in [0.15, 0.2) is 11.6 Å². The molecule has 1 aliphatic heterocycles. The molecule has 2 saturated carbocycles. The summed E-state index contributed by atoms with van der Waals surface area (Å²) < 4.78 is 5.71. The van der Waals surface area contributed by atoms with E-state index in [1.165, 1.54) is 0 Å². The first-order valence-corrected chi connectivity index (χ1v) is 17.7. The molecule has 5 unspecified atom stereocenters. The Hall–Kier alpha value is -3.56. The van der Waals surface area contributed by atoms with E-state index >= 15 is 0 Å². The smallest absolute Gasteiger partial charge is 0.408 e. The van der Waals surface area contributed by atoms with Crippen LogP contribution in [0, 0.1) is 34.5 Å². The number of nitrogens with zero attached hydrogens (tertiary/aromatic N) is 1. The van der Waals surface area contributed by atoms with E-state index in [0.29, 0.717) is 25.9 Å². The second-order valence-electron chi connectivity index (χ2n) is 15.9. The number of carbonyl (C=O) groups excluding carboxylic acids is 6. The van der Waals surface area contributed by atoms with Crippen molar-refractivity contribution in [1.82, 2.24) is 15.5 Å². The first kappa shape index (κ1) is 37.3. The number of likely N-dealkylation sites (tertiary alicyclic amines) is 1. The first-order valence-electron chi connectivity index (χ1n) is 17.7. The number of Topliss-reactive ketones (excluding diaryl/α,β-unsaturated/α-hetero) is 3. The van der Waals surface area contributed by atoms with Crippen molar-refractivity contribution in [2.75, 3.05) is 6.54 Å². The molecule has 10 heteroatoms. The summed E-state index contributed by atoms with van der Waals surface area (Å²) in [6, 6.07) is 7.74. The van der Waals surface area contributed by atoms with Gasteiger partial charge in [-0.1, -0.05) is 85.2 Å². The average molecular weight is 666 g/mol. The van der Waals surface area contributed by atoms with E-state index in [1.807, 2.05) is 58.0 Å². The zero-order valence-electron chi connectivity index (χ0n) is 29.8. The molecule has 10 nitrogen and oxygen atoms in total. The standard InChI is InChI=1S/C38H55N3O7/c1-8-13-25(33(45)27(42)18-19-30(44)39-21-24-15-10-9-11-16-24)20-28(43)32-31-26(38(31,6)7)22-41(32)35(46)34(37(3,4)5)40-36(47)48-29-17-12-14-23(29)2/h9-11,15-16,23,25-26,29,31-32,34H,8,12-14,17-22H2,1-7H3,(H,39,44)(H,40,47)/t23?,25?,26-,29?,31?,32?,34+/m0/s1. The highest BCUT2D eigenvalue weighted by Gasteiger charge is 2.69. The normalized spacial score (nSPS) is 25.4. The summed E-state index contributed by atoms with van der Waals surface area (Å²) in [6.45, 7) is 14.5. The molecule has 1 aromatic rings. The summed E-state index contributed by atoms with van der Waals surface area (Å²) in [5, 5.41) is 5.60. The van der Waals surface area contributed by atoms with Crippen molar-refractivity contribution < 1.29 is 33.5 Å². The van der Waals surface area contributed by atoms with Crippen molar-refractivity contribution in [1.29, 1.82) is 0 Å². The zero-order chi connectivity index (χ0) is 35.4. The number of hydrogen-bond acceptors (Lipinski definition) is 7. The largest absolute Gasteiger partial charge is 0.446 e. The lowest BCUT2D eigenvalue weighted by molar-refractivity contribution is -0.145. The predicted molar refractivity (Wildman–Crippen MR) is 181 cm³/mol. The minimum absolute atomic E-state index is 0.0674. The lowest BCUT2D eigenvalue weighted by Gasteiger charge is -2.38. The molecule has 3 aliphatic rings. The maximum atomic E-state index is 14.2. The summed E-state index contributed by atoms with van der Waals surface area (Å²) in [7, 11) is 0. The van der Waals surface area contributed by atoms with Crippen LogP contribution in [0.25, 0.3) is 0 Å². The van der Waals surface area contributed by atoms with E-state index in [9.17, 15) is 28.8 Å². The van der Waals surface area contributed by atoms with Crippen LogP contribution in [-0.4, -0.2) is 64.9 Å². The van der Waals surface area contributed by atoms with Crippen LogP contribution < -0.4 is 10.6 Å². The van der Waals surface area contributed by atoms with Gasteiger partial charge in [-0.15, -0.1) is 0 Å². The number of benzene rings is 1. The highest BCUT2D eigenvalue weighted by molar-refractivity contribution is 6.38. The lowest BCUT2D eigenvalue weighted by atomic mass is 9.84. The Kier molecular flexibility index (Phi) is 11.9. The van der Waals surface area contributed by atoms with Gasteiger partial charge in [0.05, 0.1) is 6.04 Å². The van der Waals surface area contributed by atoms with E-state index < -0.39 is 41.1 Å². The number of hydrogen-bond donors (Lipinski definition) is 2. The molecular weight excluding hydrogens is 610 g/mol. The van der Waals surface area contributed by atoms with E-state index in [4.69, 9.17) is 4.74 Å². The van der Waals surface area contributed by atoms with E-state index in [1.54, 1.807) is 4.90 Å². The van der Waals surface area contributed by atoms with Gasteiger partial charge in [-0.25, -0.2) is 4.79 Å². The zero-order valence-corrected chi connectivity index (χ0v) is 29.8. The molecular formula is C38H55N3O7. The van der Waals surface area contributed by atoms with Crippen LogP contribution in [0.3, 0.4) is 0 Å². The second kappa shape index (κ2) is 15.3. The predicted octanol–water partition coefficient (Wildman–Crippen LogP) is 5.41. The molecule has 2 aliphatic carbocycles.